The Morgan fingerprint density at radius 3 is 2.72 bits per heavy atom. The maximum Gasteiger partial charge on any atom is 0.150 e. The second-order valence-corrected chi connectivity index (χ2v) is 4.84. The molecule has 18 heavy (non-hydrogen) atoms. The molecule has 1 atom stereocenters. The minimum absolute atomic E-state index is 0.475. The average molecular weight is 247 g/mol. The molecule has 2 rings (SSSR count). The van der Waals surface area contributed by atoms with Crippen LogP contribution >= 0.6 is 0 Å². The van der Waals surface area contributed by atoms with Crippen molar-refractivity contribution in [2.75, 3.05) is 31.2 Å². The maximum absolute atomic E-state index is 10.9. The summed E-state index contributed by atoms with van der Waals surface area (Å²) in [6, 6.07) is 6.02. The molecule has 1 heterocycles. The fourth-order valence-corrected chi connectivity index (χ4v) is 2.35. The van der Waals surface area contributed by atoms with Crippen LogP contribution in [0.1, 0.15) is 42.1 Å². The summed E-state index contributed by atoms with van der Waals surface area (Å²) in [7, 11) is 0. The summed E-state index contributed by atoms with van der Waals surface area (Å²) >= 11 is 0. The second kappa shape index (κ2) is 6.01. The molecule has 0 saturated carbocycles. The highest BCUT2D eigenvalue weighted by atomic mass is 16.5. The van der Waals surface area contributed by atoms with Crippen LogP contribution in [0.15, 0.2) is 18.2 Å². The molecule has 1 aromatic carbocycles. The minimum Gasteiger partial charge on any atom is -0.378 e. The van der Waals surface area contributed by atoms with Crippen LogP contribution in [0.3, 0.4) is 0 Å². The van der Waals surface area contributed by atoms with Gasteiger partial charge in [0.1, 0.15) is 6.29 Å². The van der Waals surface area contributed by atoms with E-state index >= 15 is 0 Å². The Morgan fingerprint density at radius 2 is 2.11 bits per heavy atom. The van der Waals surface area contributed by atoms with Crippen molar-refractivity contribution >= 4 is 12.0 Å². The Hall–Kier alpha value is -1.35. The quantitative estimate of drug-likeness (QED) is 0.766. The van der Waals surface area contributed by atoms with Gasteiger partial charge in [-0.05, 0) is 36.1 Å². The zero-order valence-corrected chi connectivity index (χ0v) is 11.2. The topological polar surface area (TPSA) is 29.5 Å². The van der Waals surface area contributed by atoms with Gasteiger partial charge in [-0.25, -0.2) is 0 Å². The summed E-state index contributed by atoms with van der Waals surface area (Å²) in [6.45, 7) is 7.84. The van der Waals surface area contributed by atoms with Crippen molar-refractivity contribution in [1.82, 2.24) is 0 Å². The molecule has 0 spiro atoms. The van der Waals surface area contributed by atoms with E-state index in [9.17, 15) is 4.79 Å². The highest BCUT2D eigenvalue weighted by molar-refractivity contribution is 5.77. The molecule has 1 aliphatic heterocycles. The summed E-state index contributed by atoms with van der Waals surface area (Å²) < 4.78 is 5.39. The summed E-state index contributed by atoms with van der Waals surface area (Å²) in [5.74, 6) is 0.475. The number of ether oxygens (including phenoxy) is 1. The van der Waals surface area contributed by atoms with E-state index in [-0.39, 0.29) is 0 Å². The van der Waals surface area contributed by atoms with Crippen LogP contribution in [-0.4, -0.2) is 32.6 Å². The molecule has 0 amide bonds. The lowest BCUT2D eigenvalue weighted by Crippen LogP contribution is -2.36. The molecule has 1 aromatic rings. The molecule has 0 bridgehead atoms. The lowest BCUT2D eigenvalue weighted by molar-refractivity contribution is 0.112. The molecular formula is C15H21NO2. The first-order valence-electron chi connectivity index (χ1n) is 6.68. The van der Waals surface area contributed by atoms with Gasteiger partial charge in [-0.1, -0.05) is 13.8 Å². The molecule has 0 N–H and O–H groups in total. The molecule has 98 valence electrons. The third-order valence-electron chi connectivity index (χ3n) is 3.68. The molecule has 1 fully saturated rings. The molecule has 1 aliphatic rings. The monoisotopic (exact) mass is 247 g/mol. The van der Waals surface area contributed by atoms with Gasteiger partial charge in [-0.15, -0.1) is 0 Å². The molecule has 1 unspecified atom stereocenters. The first-order valence-corrected chi connectivity index (χ1v) is 6.68. The van der Waals surface area contributed by atoms with Gasteiger partial charge in [-0.2, -0.15) is 0 Å². The Kier molecular flexibility index (Phi) is 4.37. The number of aldehydes is 1. The van der Waals surface area contributed by atoms with E-state index in [1.165, 1.54) is 11.3 Å². The van der Waals surface area contributed by atoms with Gasteiger partial charge in [0.25, 0.3) is 0 Å². The van der Waals surface area contributed by atoms with Crippen LogP contribution in [0.25, 0.3) is 0 Å². The van der Waals surface area contributed by atoms with Crippen molar-refractivity contribution < 1.29 is 9.53 Å². The second-order valence-electron chi connectivity index (χ2n) is 4.84. The first kappa shape index (κ1) is 13.1. The van der Waals surface area contributed by atoms with Crippen molar-refractivity contribution in [2.24, 2.45) is 0 Å². The van der Waals surface area contributed by atoms with E-state index in [0.29, 0.717) is 5.92 Å². The number of morpholine rings is 1. The van der Waals surface area contributed by atoms with Gasteiger partial charge in [0.2, 0.25) is 0 Å². The normalized spacial score (nSPS) is 17.6. The van der Waals surface area contributed by atoms with Crippen LogP contribution < -0.4 is 4.90 Å². The Bertz CT molecular complexity index is 411. The predicted octanol–water partition coefficient (Wildman–Crippen LogP) is 2.85. The van der Waals surface area contributed by atoms with Crippen molar-refractivity contribution in [3.63, 3.8) is 0 Å². The number of carbonyl (C=O) groups is 1. The Balaban J connectivity index is 2.34. The van der Waals surface area contributed by atoms with E-state index in [1.807, 2.05) is 12.1 Å². The number of hydrogen-bond donors (Lipinski definition) is 0. The van der Waals surface area contributed by atoms with E-state index in [2.05, 4.69) is 24.8 Å². The summed E-state index contributed by atoms with van der Waals surface area (Å²) in [5.41, 5.74) is 3.31. The third-order valence-corrected chi connectivity index (χ3v) is 3.68. The van der Waals surface area contributed by atoms with Gasteiger partial charge in [-0.3, -0.25) is 4.79 Å². The summed E-state index contributed by atoms with van der Waals surface area (Å²) in [6.07, 6.45) is 2.01. The van der Waals surface area contributed by atoms with Crippen LogP contribution in [0.4, 0.5) is 5.69 Å². The summed E-state index contributed by atoms with van der Waals surface area (Å²) in [5, 5.41) is 0. The lowest BCUT2D eigenvalue weighted by atomic mass is 9.94. The average Bonchev–Trinajstić information content (AvgIpc) is 2.46. The molecule has 3 heteroatoms. The number of benzene rings is 1. The molecule has 0 radical (unpaired) electrons. The van der Waals surface area contributed by atoms with Crippen LogP contribution in [0, 0.1) is 0 Å². The van der Waals surface area contributed by atoms with Crippen LogP contribution in [-0.2, 0) is 4.74 Å². The van der Waals surface area contributed by atoms with Crippen molar-refractivity contribution in [3.05, 3.63) is 29.3 Å². The number of nitrogens with zero attached hydrogens (tertiary/aromatic N) is 1. The maximum atomic E-state index is 10.9. The van der Waals surface area contributed by atoms with Crippen molar-refractivity contribution in [2.45, 2.75) is 26.2 Å². The fourth-order valence-electron chi connectivity index (χ4n) is 2.35. The molecule has 3 nitrogen and oxygen atoms in total. The predicted molar refractivity (Wildman–Crippen MR) is 73.6 cm³/mol. The minimum atomic E-state index is 0.475. The largest absolute Gasteiger partial charge is 0.378 e. The molecule has 0 aliphatic carbocycles. The number of carbonyl (C=O) groups excluding carboxylic acids is 1. The van der Waals surface area contributed by atoms with Gasteiger partial charge < -0.3 is 9.64 Å². The molecule has 0 aromatic heterocycles. The standard InChI is InChI=1S/C15H21NO2/c1-3-12(2)14-10-13(11-17)4-5-15(14)16-6-8-18-9-7-16/h4-5,10-12H,3,6-9H2,1-2H3. The number of anilines is 1. The lowest BCUT2D eigenvalue weighted by Gasteiger charge is -2.32. The third kappa shape index (κ3) is 2.72. The SMILES string of the molecule is CCC(C)c1cc(C=O)ccc1N1CCOCC1. The van der Waals surface area contributed by atoms with E-state index in [0.717, 1.165) is 44.6 Å². The number of rotatable bonds is 4. The van der Waals surface area contributed by atoms with Gasteiger partial charge in [0, 0.05) is 24.3 Å². The van der Waals surface area contributed by atoms with Crippen LogP contribution in [0.2, 0.25) is 0 Å². The first-order chi connectivity index (χ1) is 8.76. The highest BCUT2D eigenvalue weighted by Gasteiger charge is 2.17. The van der Waals surface area contributed by atoms with E-state index < -0.39 is 0 Å². The zero-order chi connectivity index (χ0) is 13.0. The zero-order valence-electron chi connectivity index (χ0n) is 11.2. The van der Waals surface area contributed by atoms with Gasteiger partial charge in [0.05, 0.1) is 13.2 Å². The smallest absolute Gasteiger partial charge is 0.150 e. The van der Waals surface area contributed by atoms with Gasteiger partial charge >= 0.3 is 0 Å². The van der Waals surface area contributed by atoms with Crippen molar-refractivity contribution in [1.29, 1.82) is 0 Å². The van der Waals surface area contributed by atoms with E-state index in [4.69, 9.17) is 4.74 Å². The van der Waals surface area contributed by atoms with Gasteiger partial charge in [0.15, 0.2) is 0 Å². The Morgan fingerprint density at radius 1 is 1.39 bits per heavy atom. The number of hydrogen-bond acceptors (Lipinski definition) is 3. The van der Waals surface area contributed by atoms with Crippen molar-refractivity contribution in [3.8, 4) is 0 Å². The van der Waals surface area contributed by atoms with Crippen LogP contribution in [0.5, 0.6) is 0 Å². The fraction of sp³-hybridized carbons (Fsp3) is 0.533. The van der Waals surface area contributed by atoms with E-state index in [1.54, 1.807) is 0 Å². The molecule has 1 saturated heterocycles. The summed E-state index contributed by atoms with van der Waals surface area (Å²) in [4.78, 5) is 13.3. The highest BCUT2D eigenvalue weighted by Crippen LogP contribution is 2.30. The molecular weight excluding hydrogens is 226 g/mol. The Labute approximate surface area is 109 Å².